The van der Waals surface area contributed by atoms with E-state index in [-0.39, 0.29) is 11.7 Å². The molecule has 0 saturated heterocycles. The molecule has 2 aromatic rings. The molecule has 0 bridgehead atoms. The lowest BCUT2D eigenvalue weighted by atomic mass is 10.0. The second-order valence-electron chi connectivity index (χ2n) is 4.33. The van der Waals surface area contributed by atoms with E-state index in [9.17, 15) is 9.90 Å². The Bertz CT molecular complexity index is 623. The number of benzene rings is 2. The van der Waals surface area contributed by atoms with Gasteiger partial charge in [0.25, 0.3) is 5.91 Å². The summed E-state index contributed by atoms with van der Waals surface area (Å²) in [6, 6.07) is 12.4. The maximum absolute atomic E-state index is 11.8. The van der Waals surface area contributed by atoms with Gasteiger partial charge in [-0.05, 0) is 42.3 Å². The predicted molar refractivity (Wildman–Crippen MR) is 78.1 cm³/mol. The molecule has 2 aromatic carbocycles. The first-order chi connectivity index (χ1) is 9.65. The molecule has 0 heterocycles. The molecule has 0 unspecified atom stereocenters. The fourth-order valence-corrected chi connectivity index (χ4v) is 1.97. The normalized spacial score (nSPS) is 10.1. The van der Waals surface area contributed by atoms with Crippen LogP contribution in [0.2, 0.25) is 0 Å². The number of phenolic OH excluding ortho intramolecular Hbond substituents is 1. The zero-order valence-electron chi connectivity index (χ0n) is 11.5. The minimum atomic E-state index is -0.105. The Morgan fingerprint density at radius 3 is 2.60 bits per heavy atom. The van der Waals surface area contributed by atoms with E-state index in [2.05, 4.69) is 5.32 Å². The zero-order chi connectivity index (χ0) is 14.5. The maximum Gasteiger partial charge on any atom is 0.251 e. The number of ether oxygens (including phenoxy) is 1. The molecule has 0 atom stereocenters. The number of aromatic hydroxyl groups is 1. The van der Waals surface area contributed by atoms with E-state index in [4.69, 9.17) is 4.74 Å². The summed E-state index contributed by atoms with van der Waals surface area (Å²) in [4.78, 5) is 11.8. The van der Waals surface area contributed by atoms with Crippen molar-refractivity contribution >= 4 is 5.91 Å². The highest BCUT2D eigenvalue weighted by Gasteiger charge is 2.08. The Balaban J connectivity index is 2.36. The zero-order valence-corrected chi connectivity index (χ0v) is 11.5. The summed E-state index contributed by atoms with van der Waals surface area (Å²) in [6.45, 7) is 2.47. The molecular weight excluding hydrogens is 254 g/mol. The third-order valence-electron chi connectivity index (χ3n) is 2.97. The van der Waals surface area contributed by atoms with Gasteiger partial charge in [-0.15, -0.1) is 0 Å². The molecule has 104 valence electrons. The smallest absolute Gasteiger partial charge is 0.251 e. The minimum Gasteiger partial charge on any atom is -0.504 e. The largest absolute Gasteiger partial charge is 0.504 e. The number of hydrogen-bond acceptors (Lipinski definition) is 3. The molecular formula is C16H17NO3. The van der Waals surface area contributed by atoms with Gasteiger partial charge in [0.15, 0.2) is 11.5 Å². The van der Waals surface area contributed by atoms with Gasteiger partial charge < -0.3 is 15.2 Å². The Kier molecular flexibility index (Phi) is 4.25. The van der Waals surface area contributed by atoms with E-state index in [1.165, 1.54) is 7.11 Å². The standard InChI is InChI=1S/C16H17NO3/c1-3-17-16(19)13-6-4-5-11(9-13)12-7-8-15(20-2)14(18)10-12/h4-10,18H,3H2,1-2H3,(H,17,19). The summed E-state index contributed by atoms with van der Waals surface area (Å²) in [5.74, 6) is 0.397. The van der Waals surface area contributed by atoms with Gasteiger partial charge in [-0.3, -0.25) is 4.79 Å². The molecule has 20 heavy (non-hydrogen) atoms. The van der Waals surface area contributed by atoms with Crippen LogP contribution < -0.4 is 10.1 Å². The second kappa shape index (κ2) is 6.10. The van der Waals surface area contributed by atoms with Crippen molar-refractivity contribution in [3.63, 3.8) is 0 Å². The van der Waals surface area contributed by atoms with Crippen LogP contribution >= 0.6 is 0 Å². The summed E-state index contributed by atoms with van der Waals surface area (Å²) in [7, 11) is 1.50. The summed E-state index contributed by atoms with van der Waals surface area (Å²) >= 11 is 0. The third kappa shape index (κ3) is 2.91. The van der Waals surface area contributed by atoms with Crippen LogP contribution in [-0.4, -0.2) is 24.7 Å². The molecule has 0 aromatic heterocycles. The number of carbonyl (C=O) groups is 1. The first-order valence-electron chi connectivity index (χ1n) is 6.41. The van der Waals surface area contributed by atoms with Crippen molar-refractivity contribution in [1.82, 2.24) is 5.32 Å². The van der Waals surface area contributed by atoms with Crippen molar-refractivity contribution in [2.45, 2.75) is 6.92 Å². The molecule has 0 aliphatic rings. The fraction of sp³-hybridized carbons (Fsp3) is 0.188. The van der Waals surface area contributed by atoms with Gasteiger partial charge in [0.05, 0.1) is 7.11 Å². The molecule has 0 spiro atoms. The van der Waals surface area contributed by atoms with Gasteiger partial charge in [0.2, 0.25) is 0 Å². The van der Waals surface area contributed by atoms with Gasteiger partial charge in [0, 0.05) is 12.1 Å². The summed E-state index contributed by atoms with van der Waals surface area (Å²) in [5.41, 5.74) is 2.29. The first-order valence-corrected chi connectivity index (χ1v) is 6.41. The van der Waals surface area contributed by atoms with Crippen LogP contribution in [0.4, 0.5) is 0 Å². The molecule has 0 aliphatic heterocycles. The van der Waals surface area contributed by atoms with E-state index >= 15 is 0 Å². The van der Waals surface area contributed by atoms with Gasteiger partial charge in [-0.1, -0.05) is 18.2 Å². The van der Waals surface area contributed by atoms with E-state index in [0.717, 1.165) is 11.1 Å². The minimum absolute atomic E-state index is 0.0772. The highest BCUT2D eigenvalue weighted by Crippen LogP contribution is 2.31. The van der Waals surface area contributed by atoms with Crippen LogP contribution in [0, 0.1) is 0 Å². The molecule has 1 amide bonds. The molecule has 4 heteroatoms. The lowest BCUT2D eigenvalue weighted by molar-refractivity contribution is 0.0956. The lowest BCUT2D eigenvalue weighted by Crippen LogP contribution is -2.22. The number of methoxy groups -OCH3 is 1. The predicted octanol–water partition coefficient (Wildman–Crippen LogP) is 2.82. The topological polar surface area (TPSA) is 58.6 Å². The monoisotopic (exact) mass is 271 g/mol. The van der Waals surface area contributed by atoms with Crippen molar-refractivity contribution in [3.8, 4) is 22.6 Å². The quantitative estimate of drug-likeness (QED) is 0.899. The molecule has 4 nitrogen and oxygen atoms in total. The Morgan fingerprint density at radius 1 is 1.20 bits per heavy atom. The molecule has 0 aliphatic carbocycles. The van der Waals surface area contributed by atoms with Gasteiger partial charge in [-0.2, -0.15) is 0 Å². The van der Waals surface area contributed by atoms with Gasteiger partial charge >= 0.3 is 0 Å². The van der Waals surface area contributed by atoms with Gasteiger partial charge in [-0.25, -0.2) is 0 Å². The van der Waals surface area contributed by atoms with E-state index in [1.807, 2.05) is 25.1 Å². The van der Waals surface area contributed by atoms with Crippen LogP contribution in [0.3, 0.4) is 0 Å². The number of amides is 1. The number of nitrogens with one attached hydrogen (secondary N) is 1. The number of phenols is 1. The highest BCUT2D eigenvalue weighted by molar-refractivity contribution is 5.95. The summed E-state index contributed by atoms with van der Waals surface area (Å²) in [6.07, 6.45) is 0. The first kappa shape index (κ1) is 13.9. The average molecular weight is 271 g/mol. The van der Waals surface area contributed by atoms with Crippen molar-refractivity contribution in [3.05, 3.63) is 48.0 Å². The number of rotatable bonds is 4. The van der Waals surface area contributed by atoms with Crippen molar-refractivity contribution in [2.24, 2.45) is 0 Å². The van der Waals surface area contributed by atoms with Crippen LogP contribution in [-0.2, 0) is 0 Å². The molecule has 0 saturated carbocycles. The lowest BCUT2D eigenvalue weighted by Gasteiger charge is -2.08. The summed E-state index contributed by atoms with van der Waals surface area (Å²) in [5, 5.41) is 12.6. The van der Waals surface area contributed by atoms with Gasteiger partial charge in [0.1, 0.15) is 0 Å². The molecule has 0 fully saturated rings. The Hall–Kier alpha value is -2.49. The molecule has 2 N–H and O–H groups in total. The van der Waals surface area contributed by atoms with Crippen LogP contribution in [0.5, 0.6) is 11.5 Å². The van der Waals surface area contributed by atoms with E-state index < -0.39 is 0 Å². The van der Waals surface area contributed by atoms with Crippen LogP contribution in [0.1, 0.15) is 17.3 Å². The number of carbonyl (C=O) groups excluding carboxylic acids is 1. The van der Waals surface area contributed by atoms with Crippen molar-refractivity contribution < 1.29 is 14.6 Å². The SMILES string of the molecule is CCNC(=O)c1cccc(-c2ccc(OC)c(O)c2)c1. The Morgan fingerprint density at radius 2 is 1.95 bits per heavy atom. The van der Waals surface area contributed by atoms with Crippen molar-refractivity contribution in [2.75, 3.05) is 13.7 Å². The second-order valence-corrected chi connectivity index (χ2v) is 4.33. The van der Waals surface area contributed by atoms with E-state index in [1.54, 1.807) is 24.3 Å². The third-order valence-corrected chi connectivity index (χ3v) is 2.97. The maximum atomic E-state index is 11.8. The summed E-state index contributed by atoms with van der Waals surface area (Å²) < 4.78 is 5.02. The molecule has 2 rings (SSSR count). The average Bonchev–Trinajstić information content (AvgIpc) is 2.47. The van der Waals surface area contributed by atoms with Crippen LogP contribution in [0.15, 0.2) is 42.5 Å². The van der Waals surface area contributed by atoms with Crippen molar-refractivity contribution in [1.29, 1.82) is 0 Å². The van der Waals surface area contributed by atoms with E-state index in [0.29, 0.717) is 17.9 Å². The van der Waals surface area contributed by atoms with Crippen LogP contribution in [0.25, 0.3) is 11.1 Å². The Labute approximate surface area is 118 Å². The highest BCUT2D eigenvalue weighted by atomic mass is 16.5. The fourth-order valence-electron chi connectivity index (χ4n) is 1.97. The number of hydrogen-bond donors (Lipinski definition) is 2. The molecule has 0 radical (unpaired) electrons.